The molecule has 1 nitrogen and oxygen atoms in total. The molecule has 0 bridgehead atoms. The number of hydrogen-bond donors (Lipinski definition) is 1. The maximum atomic E-state index is 5.70. The van der Waals surface area contributed by atoms with Crippen LogP contribution in [-0.2, 0) is 0 Å². The van der Waals surface area contributed by atoms with Gasteiger partial charge in [0, 0.05) is 11.3 Å². The van der Waals surface area contributed by atoms with E-state index < -0.39 is 0 Å². The lowest BCUT2D eigenvalue weighted by Crippen LogP contribution is -2.20. The number of thioether (sulfide) groups is 1. The number of rotatable bonds is 4. The van der Waals surface area contributed by atoms with Crippen LogP contribution in [0.4, 0.5) is 0 Å². The third kappa shape index (κ3) is 1.32. The highest BCUT2D eigenvalue weighted by Gasteiger charge is 2.51. The molecule has 2 atom stereocenters. The minimum Gasteiger partial charge on any atom is -0.329 e. The van der Waals surface area contributed by atoms with Gasteiger partial charge in [-0.05, 0) is 18.1 Å². The fourth-order valence-corrected chi connectivity index (χ4v) is 3.06. The molecule has 0 aromatic rings. The summed E-state index contributed by atoms with van der Waals surface area (Å²) in [5.41, 5.74) is 5.70. The van der Waals surface area contributed by atoms with E-state index in [4.69, 9.17) is 5.73 Å². The molecule has 60 valence electrons. The molecule has 1 rings (SSSR count). The molecule has 2 unspecified atom stereocenters. The summed E-state index contributed by atoms with van der Waals surface area (Å²) >= 11 is 2.05. The van der Waals surface area contributed by atoms with Crippen LogP contribution >= 0.6 is 11.8 Å². The highest BCUT2D eigenvalue weighted by molar-refractivity contribution is 8.00. The van der Waals surface area contributed by atoms with Gasteiger partial charge in [0.15, 0.2) is 0 Å². The molecule has 2 heteroatoms. The van der Waals surface area contributed by atoms with Gasteiger partial charge in [0.1, 0.15) is 0 Å². The summed E-state index contributed by atoms with van der Waals surface area (Å²) < 4.78 is 0.503. The highest BCUT2D eigenvalue weighted by Crippen LogP contribution is 2.55. The molecule has 1 saturated carbocycles. The van der Waals surface area contributed by atoms with Gasteiger partial charge in [-0.1, -0.05) is 20.3 Å². The minimum absolute atomic E-state index is 0.503. The SMILES string of the molecule is CCSC1(CN)CC1CC. The molecule has 0 spiro atoms. The lowest BCUT2D eigenvalue weighted by Gasteiger charge is -2.11. The van der Waals surface area contributed by atoms with Crippen molar-refractivity contribution in [3.63, 3.8) is 0 Å². The molecule has 0 radical (unpaired) electrons. The van der Waals surface area contributed by atoms with Crippen molar-refractivity contribution in [3.8, 4) is 0 Å². The summed E-state index contributed by atoms with van der Waals surface area (Å²) in [4.78, 5) is 0. The van der Waals surface area contributed by atoms with E-state index >= 15 is 0 Å². The molecule has 0 saturated heterocycles. The van der Waals surface area contributed by atoms with Crippen molar-refractivity contribution in [2.24, 2.45) is 11.7 Å². The van der Waals surface area contributed by atoms with Crippen molar-refractivity contribution in [3.05, 3.63) is 0 Å². The molecule has 0 amide bonds. The monoisotopic (exact) mass is 159 g/mol. The molecule has 10 heavy (non-hydrogen) atoms. The van der Waals surface area contributed by atoms with Gasteiger partial charge in [0.2, 0.25) is 0 Å². The summed E-state index contributed by atoms with van der Waals surface area (Å²) in [7, 11) is 0. The first kappa shape index (κ1) is 8.41. The standard InChI is InChI=1S/C8H17NS/c1-3-7-5-8(7,6-9)10-4-2/h7H,3-6,9H2,1-2H3. The summed E-state index contributed by atoms with van der Waals surface area (Å²) in [5.74, 6) is 2.13. The molecule has 2 N–H and O–H groups in total. The highest BCUT2D eigenvalue weighted by atomic mass is 32.2. The Bertz CT molecular complexity index is 116. The fourth-order valence-electron chi connectivity index (χ4n) is 1.65. The van der Waals surface area contributed by atoms with Gasteiger partial charge in [-0.25, -0.2) is 0 Å². The summed E-state index contributed by atoms with van der Waals surface area (Å²) in [5, 5.41) is 0. The topological polar surface area (TPSA) is 26.0 Å². The van der Waals surface area contributed by atoms with Gasteiger partial charge in [0.25, 0.3) is 0 Å². The Labute approximate surface area is 67.8 Å². The maximum absolute atomic E-state index is 5.70. The molecular formula is C8H17NS. The van der Waals surface area contributed by atoms with Crippen molar-refractivity contribution in [2.45, 2.75) is 31.4 Å². The van der Waals surface area contributed by atoms with E-state index in [9.17, 15) is 0 Å². The van der Waals surface area contributed by atoms with Crippen molar-refractivity contribution in [1.29, 1.82) is 0 Å². The smallest absolute Gasteiger partial charge is 0.0313 e. The van der Waals surface area contributed by atoms with Gasteiger partial charge >= 0.3 is 0 Å². The molecule has 1 aliphatic rings. The second kappa shape index (κ2) is 3.14. The summed E-state index contributed by atoms with van der Waals surface area (Å²) in [6, 6.07) is 0. The molecule has 0 aliphatic heterocycles. The van der Waals surface area contributed by atoms with Crippen molar-refractivity contribution in [2.75, 3.05) is 12.3 Å². The molecule has 0 aromatic carbocycles. The second-order valence-electron chi connectivity index (χ2n) is 3.01. The van der Waals surface area contributed by atoms with E-state index in [1.807, 2.05) is 0 Å². The van der Waals surface area contributed by atoms with Crippen LogP contribution in [0.15, 0.2) is 0 Å². The Morgan fingerprint density at radius 3 is 2.60 bits per heavy atom. The van der Waals surface area contributed by atoms with Crippen LogP contribution in [0.25, 0.3) is 0 Å². The Kier molecular flexibility index (Phi) is 2.64. The van der Waals surface area contributed by atoms with E-state index in [0.717, 1.165) is 12.5 Å². The third-order valence-corrected chi connectivity index (χ3v) is 3.98. The number of hydrogen-bond acceptors (Lipinski definition) is 2. The molecule has 1 aliphatic carbocycles. The van der Waals surface area contributed by atoms with Crippen LogP contribution in [0.5, 0.6) is 0 Å². The quantitative estimate of drug-likeness (QED) is 0.677. The van der Waals surface area contributed by atoms with E-state index in [1.165, 1.54) is 18.6 Å². The van der Waals surface area contributed by atoms with Crippen LogP contribution in [0.3, 0.4) is 0 Å². The van der Waals surface area contributed by atoms with Gasteiger partial charge in [-0.15, -0.1) is 0 Å². The van der Waals surface area contributed by atoms with Crippen molar-refractivity contribution >= 4 is 11.8 Å². The Morgan fingerprint density at radius 1 is 1.60 bits per heavy atom. The van der Waals surface area contributed by atoms with Crippen LogP contribution in [0.1, 0.15) is 26.7 Å². The first-order valence-electron chi connectivity index (χ1n) is 4.13. The second-order valence-corrected chi connectivity index (χ2v) is 4.69. The summed E-state index contributed by atoms with van der Waals surface area (Å²) in [6.07, 6.45) is 2.67. The predicted octanol–water partition coefficient (Wildman–Crippen LogP) is 1.87. The lowest BCUT2D eigenvalue weighted by atomic mass is 10.2. The van der Waals surface area contributed by atoms with Crippen LogP contribution < -0.4 is 5.73 Å². The third-order valence-electron chi connectivity index (χ3n) is 2.45. The molecule has 1 fully saturated rings. The van der Waals surface area contributed by atoms with Gasteiger partial charge < -0.3 is 5.73 Å². The van der Waals surface area contributed by atoms with Crippen molar-refractivity contribution in [1.82, 2.24) is 0 Å². The zero-order chi connectivity index (χ0) is 7.61. The van der Waals surface area contributed by atoms with Crippen LogP contribution in [0, 0.1) is 5.92 Å². The predicted molar refractivity (Wildman–Crippen MR) is 48.3 cm³/mol. The Hall–Kier alpha value is 0.310. The van der Waals surface area contributed by atoms with E-state index in [2.05, 4.69) is 25.6 Å². The Morgan fingerprint density at radius 2 is 2.30 bits per heavy atom. The zero-order valence-electron chi connectivity index (χ0n) is 6.89. The largest absolute Gasteiger partial charge is 0.329 e. The first-order chi connectivity index (χ1) is 4.79. The average Bonchev–Trinajstić information content (AvgIpc) is 2.65. The van der Waals surface area contributed by atoms with Gasteiger partial charge in [0.05, 0.1) is 0 Å². The molecule has 0 heterocycles. The zero-order valence-corrected chi connectivity index (χ0v) is 7.71. The lowest BCUT2D eigenvalue weighted by molar-refractivity contribution is 0.719. The fraction of sp³-hybridized carbons (Fsp3) is 1.00. The first-order valence-corrected chi connectivity index (χ1v) is 5.11. The molecule has 0 aromatic heterocycles. The number of nitrogens with two attached hydrogens (primary N) is 1. The minimum atomic E-state index is 0.503. The summed E-state index contributed by atoms with van der Waals surface area (Å²) in [6.45, 7) is 5.36. The average molecular weight is 159 g/mol. The normalized spacial score (nSPS) is 38.1. The van der Waals surface area contributed by atoms with Crippen LogP contribution in [-0.4, -0.2) is 17.0 Å². The van der Waals surface area contributed by atoms with E-state index in [1.54, 1.807) is 0 Å². The van der Waals surface area contributed by atoms with Crippen LogP contribution in [0.2, 0.25) is 0 Å². The van der Waals surface area contributed by atoms with Gasteiger partial charge in [-0.3, -0.25) is 0 Å². The van der Waals surface area contributed by atoms with Gasteiger partial charge in [-0.2, -0.15) is 11.8 Å². The van der Waals surface area contributed by atoms with Crippen molar-refractivity contribution < 1.29 is 0 Å². The van der Waals surface area contributed by atoms with E-state index in [-0.39, 0.29) is 0 Å². The van der Waals surface area contributed by atoms with E-state index in [0.29, 0.717) is 4.75 Å². The Balaban J connectivity index is 2.34. The maximum Gasteiger partial charge on any atom is 0.0313 e. The molecular weight excluding hydrogens is 142 g/mol.